The first-order valence-corrected chi connectivity index (χ1v) is 11.9. The van der Waals surface area contributed by atoms with Gasteiger partial charge in [-0.15, -0.1) is 35.3 Å². The summed E-state index contributed by atoms with van der Waals surface area (Å²) in [4.78, 5) is 9.13. The van der Waals surface area contributed by atoms with Crippen molar-refractivity contribution >= 4 is 51.3 Å². The zero-order valence-corrected chi connectivity index (χ0v) is 21.1. The average molecular weight is 545 g/mol. The lowest BCUT2D eigenvalue weighted by molar-refractivity contribution is 0.0904. The van der Waals surface area contributed by atoms with Crippen LogP contribution in [0.3, 0.4) is 0 Å². The first kappa shape index (κ1) is 25.6. The molecule has 1 aromatic rings. The highest BCUT2D eigenvalue weighted by Gasteiger charge is 2.28. The second kappa shape index (κ2) is 12.3. The van der Waals surface area contributed by atoms with Gasteiger partial charge in [0.05, 0.1) is 25.0 Å². The number of nitrogens with zero attached hydrogens (tertiary/aromatic N) is 3. The summed E-state index contributed by atoms with van der Waals surface area (Å²) >= 11 is 1.81. The van der Waals surface area contributed by atoms with Crippen LogP contribution in [0, 0.1) is 0 Å². The molecule has 0 bridgehead atoms. The molecule has 7 nitrogen and oxygen atoms in total. The summed E-state index contributed by atoms with van der Waals surface area (Å²) in [6, 6.07) is 4.31. The number of aliphatic imine (C=N–C) groups is 1. The lowest BCUT2D eigenvalue weighted by Crippen LogP contribution is -2.54. The monoisotopic (exact) mass is 544 g/mol. The van der Waals surface area contributed by atoms with Gasteiger partial charge < -0.3 is 15.0 Å². The standard InChI is InChI=1S/C18H32N4O3S2.HI/c1-5-16-6-7-17(26-16)14-20-18(19-4)21-8-10-22(11-9-21)27(23,24)13-12-25-15(2)3;/h6-7,15H,5,8-14H2,1-4H3,(H,19,20);1H. The Balaban J connectivity index is 0.00000392. The van der Waals surface area contributed by atoms with Gasteiger partial charge in [-0.05, 0) is 32.4 Å². The Morgan fingerprint density at radius 3 is 2.43 bits per heavy atom. The van der Waals surface area contributed by atoms with E-state index in [2.05, 4.69) is 34.3 Å². The molecule has 1 fully saturated rings. The van der Waals surface area contributed by atoms with Crippen molar-refractivity contribution in [1.29, 1.82) is 0 Å². The number of aryl methyl sites for hydroxylation is 1. The molecule has 0 spiro atoms. The third-order valence-corrected chi connectivity index (χ3v) is 7.49. The van der Waals surface area contributed by atoms with Gasteiger partial charge in [-0.3, -0.25) is 4.99 Å². The maximum absolute atomic E-state index is 12.4. The molecule has 0 radical (unpaired) electrons. The van der Waals surface area contributed by atoms with E-state index in [-0.39, 0.29) is 42.4 Å². The molecule has 28 heavy (non-hydrogen) atoms. The number of ether oxygens (including phenoxy) is 1. The van der Waals surface area contributed by atoms with E-state index in [1.807, 2.05) is 25.2 Å². The minimum atomic E-state index is -3.27. The number of thiophene rings is 1. The van der Waals surface area contributed by atoms with Crippen LogP contribution in [0.15, 0.2) is 17.1 Å². The summed E-state index contributed by atoms with van der Waals surface area (Å²) in [5.41, 5.74) is 0. The first-order chi connectivity index (χ1) is 12.9. The fourth-order valence-corrected chi connectivity index (χ4v) is 5.08. The van der Waals surface area contributed by atoms with Crippen LogP contribution >= 0.6 is 35.3 Å². The minimum absolute atomic E-state index is 0. The smallest absolute Gasteiger partial charge is 0.216 e. The predicted molar refractivity (Wildman–Crippen MR) is 127 cm³/mol. The molecule has 0 aliphatic carbocycles. The Hall–Kier alpha value is -0.430. The zero-order chi connectivity index (χ0) is 19.9. The molecule has 1 aromatic heterocycles. The summed E-state index contributed by atoms with van der Waals surface area (Å²) in [6.07, 6.45) is 1.10. The summed E-state index contributed by atoms with van der Waals surface area (Å²) in [7, 11) is -1.50. The first-order valence-electron chi connectivity index (χ1n) is 9.48. The largest absolute Gasteiger partial charge is 0.378 e. The SMILES string of the molecule is CCc1ccc(CNC(=NC)N2CCN(S(=O)(=O)CCOC(C)C)CC2)s1.I. The van der Waals surface area contributed by atoms with E-state index in [1.54, 1.807) is 11.4 Å². The van der Waals surface area contributed by atoms with Gasteiger partial charge in [0, 0.05) is 43.0 Å². The van der Waals surface area contributed by atoms with E-state index < -0.39 is 10.0 Å². The van der Waals surface area contributed by atoms with E-state index in [0.29, 0.717) is 26.2 Å². The third-order valence-electron chi connectivity index (χ3n) is 4.42. The van der Waals surface area contributed by atoms with E-state index in [9.17, 15) is 8.42 Å². The molecular formula is C18H33IN4O3S2. The summed E-state index contributed by atoms with van der Waals surface area (Å²) in [5.74, 6) is 0.859. The van der Waals surface area contributed by atoms with E-state index in [1.165, 1.54) is 9.75 Å². The van der Waals surface area contributed by atoms with Crippen LogP contribution in [-0.4, -0.2) is 75.3 Å². The number of sulfonamides is 1. The Kier molecular flexibility index (Phi) is 11.3. The molecule has 0 atom stereocenters. The van der Waals surface area contributed by atoms with E-state index in [0.717, 1.165) is 18.9 Å². The number of piperazine rings is 1. The van der Waals surface area contributed by atoms with Gasteiger partial charge in [0.2, 0.25) is 10.0 Å². The molecule has 0 saturated carbocycles. The van der Waals surface area contributed by atoms with Gasteiger partial charge in [0.1, 0.15) is 0 Å². The van der Waals surface area contributed by atoms with Crippen LogP contribution in [0.4, 0.5) is 0 Å². The van der Waals surface area contributed by atoms with Gasteiger partial charge in [0.15, 0.2) is 5.96 Å². The molecule has 162 valence electrons. The number of halogens is 1. The third kappa shape index (κ3) is 7.77. The van der Waals surface area contributed by atoms with Gasteiger partial charge in [-0.2, -0.15) is 4.31 Å². The Morgan fingerprint density at radius 1 is 1.25 bits per heavy atom. The molecule has 1 N–H and O–H groups in total. The molecule has 2 heterocycles. The Labute approximate surface area is 190 Å². The molecule has 0 unspecified atom stereocenters. The van der Waals surface area contributed by atoms with Crippen molar-refractivity contribution in [3.63, 3.8) is 0 Å². The number of hydrogen-bond donors (Lipinski definition) is 1. The van der Waals surface area contributed by atoms with Crippen molar-refractivity contribution in [3.8, 4) is 0 Å². The van der Waals surface area contributed by atoms with Crippen molar-refractivity contribution in [3.05, 3.63) is 21.9 Å². The normalized spacial score (nSPS) is 16.3. The van der Waals surface area contributed by atoms with Crippen molar-refractivity contribution in [2.75, 3.05) is 45.6 Å². The fraction of sp³-hybridized carbons (Fsp3) is 0.722. The second-order valence-corrected chi connectivity index (χ2v) is 10.1. The Bertz CT molecular complexity index is 714. The predicted octanol–water partition coefficient (Wildman–Crippen LogP) is 2.38. The fourth-order valence-electron chi connectivity index (χ4n) is 2.90. The van der Waals surface area contributed by atoms with Gasteiger partial charge in [-0.25, -0.2) is 8.42 Å². The van der Waals surface area contributed by atoms with Crippen molar-refractivity contribution in [2.24, 2.45) is 4.99 Å². The summed E-state index contributed by atoms with van der Waals surface area (Å²) < 4.78 is 31.8. The summed E-state index contributed by atoms with van der Waals surface area (Å²) in [6.45, 7) is 9.17. The van der Waals surface area contributed by atoms with Gasteiger partial charge >= 0.3 is 0 Å². The minimum Gasteiger partial charge on any atom is -0.378 e. The van der Waals surface area contributed by atoms with Crippen LogP contribution in [0.5, 0.6) is 0 Å². The van der Waals surface area contributed by atoms with Gasteiger partial charge in [-0.1, -0.05) is 6.92 Å². The highest BCUT2D eigenvalue weighted by atomic mass is 127. The molecule has 1 aliphatic rings. The van der Waals surface area contributed by atoms with Gasteiger partial charge in [0.25, 0.3) is 0 Å². The number of rotatable bonds is 8. The quantitative estimate of drug-likeness (QED) is 0.309. The van der Waals surface area contributed by atoms with Crippen molar-refractivity contribution < 1.29 is 13.2 Å². The van der Waals surface area contributed by atoms with Crippen LogP contribution in [0.1, 0.15) is 30.5 Å². The number of guanidine groups is 1. The molecular weight excluding hydrogens is 511 g/mol. The molecule has 1 aliphatic heterocycles. The average Bonchev–Trinajstić information content (AvgIpc) is 3.10. The second-order valence-electron chi connectivity index (χ2n) is 6.74. The molecule has 0 amide bonds. The number of hydrogen-bond acceptors (Lipinski definition) is 5. The van der Waals surface area contributed by atoms with Crippen LogP contribution in [-0.2, 0) is 27.7 Å². The van der Waals surface area contributed by atoms with Crippen LogP contribution < -0.4 is 5.32 Å². The van der Waals surface area contributed by atoms with E-state index in [4.69, 9.17) is 4.74 Å². The van der Waals surface area contributed by atoms with E-state index >= 15 is 0 Å². The molecule has 1 saturated heterocycles. The maximum atomic E-state index is 12.4. The zero-order valence-electron chi connectivity index (χ0n) is 17.2. The lowest BCUT2D eigenvalue weighted by atomic mass is 10.3. The van der Waals surface area contributed by atoms with Crippen molar-refractivity contribution in [1.82, 2.24) is 14.5 Å². The molecule has 10 heteroatoms. The van der Waals surface area contributed by atoms with Crippen molar-refractivity contribution in [2.45, 2.75) is 39.8 Å². The molecule has 0 aromatic carbocycles. The topological polar surface area (TPSA) is 74.2 Å². The maximum Gasteiger partial charge on any atom is 0.216 e. The highest BCUT2D eigenvalue weighted by molar-refractivity contribution is 14.0. The highest BCUT2D eigenvalue weighted by Crippen LogP contribution is 2.17. The molecule has 2 rings (SSSR count). The van der Waals surface area contributed by atoms with Crippen LogP contribution in [0.2, 0.25) is 0 Å². The lowest BCUT2D eigenvalue weighted by Gasteiger charge is -2.35. The summed E-state index contributed by atoms with van der Waals surface area (Å²) in [5, 5.41) is 3.39. The number of nitrogens with one attached hydrogen (secondary N) is 1. The van der Waals surface area contributed by atoms with Crippen LogP contribution in [0.25, 0.3) is 0 Å². The Morgan fingerprint density at radius 2 is 1.89 bits per heavy atom.